The van der Waals surface area contributed by atoms with Crippen molar-refractivity contribution >= 4 is 0 Å². The molecule has 1 aliphatic carbocycles. The smallest absolute Gasteiger partial charge is 0.0204 e. The topological polar surface area (TPSA) is 24.1 Å². The Morgan fingerprint density at radius 2 is 1.86 bits per heavy atom. The van der Waals surface area contributed by atoms with Crippen LogP contribution in [0, 0.1) is 16.7 Å². The summed E-state index contributed by atoms with van der Waals surface area (Å²) < 4.78 is 0. The summed E-state index contributed by atoms with van der Waals surface area (Å²) >= 11 is 0. The third-order valence-corrected chi connectivity index (χ3v) is 4.99. The zero-order chi connectivity index (χ0) is 10.4. The van der Waals surface area contributed by atoms with Gasteiger partial charge in [-0.1, -0.05) is 27.7 Å². The van der Waals surface area contributed by atoms with E-state index in [1.165, 1.54) is 19.5 Å². The van der Waals surface area contributed by atoms with E-state index >= 15 is 0 Å². The first-order valence-electron chi connectivity index (χ1n) is 5.90. The number of rotatable bonds is 3. The zero-order valence-corrected chi connectivity index (χ0v) is 9.98. The summed E-state index contributed by atoms with van der Waals surface area (Å²) in [4.78, 5) is 0. The molecular weight excluding hydrogens is 172 g/mol. The van der Waals surface area contributed by atoms with E-state index < -0.39 is 0 Å². The van der Waals surface area contributed by atoms with Crippen LogP contribution < -0.4 is 10.6 Å². The van der Waals surface area contributed by atoms with E-state index in [-0.39, 0.29) is 0 Å². The van der Waals surface area contributed by atoms with Crippen LogP contribution in [0.1, 0.15) is 34.1 Å². The molecule has 14 heavy (non-hydrogen) atoms. The fraction of sp³-hybridized carbons (Fsp3) is 1.00. The van der Waals surface area contributed by atoms with Crippen LogP contribution in [-0.4, -0.2) is 25.7 Å². The van der Waals surface area contributed by atoms with Crippen molar-refractivity contribution in [2.75, 3.05) is 19.6 Å². The van der Waals surface area contributed by atoms with Crippen LogP contribution in [-0.2, 0) is 0 Å². The lowest BCUT2D eigenvalue weighted by molar-refractivity contribution is 0.457. The van der Waals surface area contributed by atoms with Gasteiger partial charge in [0.15, 0.2) is 0 Å². The molecule has 1 aliphatic heterocycles. The molecular formula is C12H24N2. The molecule has 2 rings (SSSR count). The van der Waals surface area contributed by atoms with E-state index in [1.807, 2.05) is 0 Å². The van der Waals surface area contributed by atoms with Gasteiger partial charge in [0.25, 0.3) is 0 Å². The fourth-order valence-electron chi connectivity index (χ4n) is 2.96. The van der Waals surface area contributed by atoms with Gasteiger partial charge >= 0.3 is 0 Å². The van der Waals surface area contributed by atoms with E-state index in [9.17, 15) is 0 Å². The normalized spacial score (nSPS) is 34.7. The van der Waals surface area contributed by atoms with E-state index in [0.717, 1.165) is 18.5 Å². The Kier molecular flexibility index (Phi) is 2.39. The Labute approximate surface area is 87.8 Å². The van der Waals surface area contributed by atoms with Crippen molar-refractivity contribution < 1.29 is 0 Å². The first kappa shape index (κ1) is 10.4. The minimum atomic E-state index is 0.534. The highest BCUT2D eigenvalue weighted by Gasteiger charge is 2.63. The quantitative estimate of drug-likeness (QED) is 0.717. The van der Waals surface area contributed by atoms with Crippen molar-refractivity contribution in [2.24, 2.45) is 16.7 Å². The van der Waals surface area contributed by atoms with Gasteiger partial charge in [-0.3, -0.25) is 0 Å². The summed E-state index contributed by atoms with van der Waals surface area (Å²) in [6.07, 6.45) is 1.30. The van der Waals surface area contributed by atoms with Gasteiger partial charge in [0, 0.05) is 12.6 Å². The third kappa shape index (κ3) is 1.49. The summed E-state index contributed by atoms with van der Waals surface area (Å²) in [6.45, 7) is 13.1. The number of hydrogen-bond acceptors (Lipinski definition) is 2. The van der Waals surface area contributed by atoms with Crippen molar-refractivity contribution in [2.45, 2.75) is 40.2 Å². The summed E-state index contributed by atoms with van der Waals surface area (Å²) in [6, 6.07) is 0.724. The molecule has 0 aromatic rings. The van der Waals surface area contributed by atoms with E-state index in [0.29, 0.717) is 10.8 Å². The fourth-order valence-corrected chi connectivity index (χ4v) is 2.96. The number of hydrogen-bond donors (Lipinski definition) is 2. The molecule has 2 fully saturated rings. The number of nitrogens with one attached hydrogen (secondary N) is 2. The lowest BCUT2D eigenvalue weighted by atomic mass is 10.0. The monoisotopic (exact) mass is 196 g/mol. The zero-order valence-electron chi connectivity index (χ0n) is 9.98. The lowest BCUT2D eigenvalue weighted by Gasteiger charge is -2.11. The average Bonchev–Trinajstić information content (AvgIpc) is 2.54. The summed E-state index contributed by atoms with van der Waals surface area (Å²) in [5, 5.41) is 7.09. The van der Waals surface area contributed by atoms with Crippen LogP contribution in [0.5, 0.6) is 0 Å². The molecule has 0 radical (unpaired) electrons. The van der Waals surface area contributed by atoms with Crippen LogP contribution in [0.2, 0.25) is 0 Å². The van der Waals surface area contributed by atoms with Crippen LogP contribution >= 0.6 is 0 Å². The Bertz CT molecular complexity index is 200. The molecule has 2 heteroatoms. The van der Waals surface area contributed by atoms with Crippen molar-refractivity contribution in [1.82, 2.24) is 10.6 Å². The Balaban J connectivity index is 1.77. The lowest BCUT2D eigenvalue weighted by Crippen LogP contribution is -2.33. The van der Waals surface area contributed by atoms with Crippen molar-refractivity contribution in [3.8, 4) is 0 Å². The van der Waals surface area contributed by atoms with Crippen LogP contribution in [0.4, 0.5) is 0 Å². The maximum Gasteiger partial charge on any atom is 0.0204 e. The molecule has 0 bridgehead atoms. The highest BCUT2D eigenvalue weighted by atomic mass is 15.0. The van der Waals surface area contributed by atoms with Gasteiger partial charge in [-0.05, 0) is 36.3 Å². The molecule has 0 aromatic carbocycles. The molecule has 0 aromatic heterocycles. The van der Waals surface area contributed by atoms with Crippen LogP contribution in [0.15, 0.2) is 0 Å². The van der Waals surface area contributed by atoms with Gasteiger partial charge in [-0.15, -0.1) is 0 Å². The van der Waals surface area contributed by atoms with Crippen molar-refractivity contribution in [3.63, 3.8) is 0 Å². The molecule has 0 amide bonds. The van der Waals surface area contributed by atoms with E-state index in [4.69, 9.17) is 0 Å². The standard InChI is InChI=1S/C12H24N2/c1-11(2)10(12(11,3)4)8-14-9-5-6-13-7-9/h9-10,13-14H,5-8H2,1-4H3. The largest absolute Gasteiger partial charge is 0.315 e. The maximum absolute atomic E-state index is 3.69. The predicted molar refractivity (Wildman–Crippen MR) is 60.3 cm³/mol. The second kappa shape index (κ2) is 3.21. The molecule has 0 spiro atoms. The van der Waals surface area contributed by atoms with Crippen LogP contribution in [0.25, 0.3) is 0 Å². The van der Waals surface area contributed by atoms with Gasteiger partial charge in [-0.2, -0.15) is 0 Å². The molecule has 1 heterocycles. The van der Waals surface area contributed by atoms with Gasteiger partial charge in [0.1, 0.15) is 0 Å². The molecule has 1 saturated carbocycles. The van der Waals surface area contributed by atoms with Gasteiger partial charge in [0.2, 0.25) is 0 Å². The van der Waals surface area contributed by atoms with E-state index in [2.05, 4.69) is 38.3 Å². The Morgan fingerprint density at radius 3 is 2.29 bits per heavy atom. The molecule has 1 atom stereocenters. The van der Waals surface area contributed by atoms with Gasteiger partial charge in [0.05, 0.1) is 0 Å². The Hall–Kier alpha value is -0.0800. The van der Waals surface area contributed by atoms with Gasteiger partial charge in [-0.25, -0.2) is 0 Å². The molecule has 2 aliphatic rings. The first-order valence-corrected chi connectivity index (χ1v) is 5.90. The average molecular weight is 196 g/mol. The highest BCUT2D eigenvalue weighted by Crippen LogP contribution is 2.67. The van der Waals surface area contributed by atoms with Crippen molar-refractivity contribution in [3.05, 3.63) is 0 Å². The summed E-state index contributed by atoms with van der Waals surface area (Å²) in [5.74, 6) is 0.857. The summed E-state index contributed by atoms with van der Waals surface area (Å²) in [5.41, 5.74) is 1.07. The third-order valence-electron chi connectivity index (χ3n) is 4.99. The molecule has 1 unspecified atom stereocenters. The minimum absolute atomic E-state index is 0.534. The van der Waals surface area contributed by atoms with E-state index in [1.54, 1.807) is 0 Å². The molecule has 1 saturated heterocycles. The summed E-state index contributed by atoms with van der Waals surface area (Å²) in [7, 11) is 0. The second-order valence-corrected chi connectivity index (χ2v) is 6.09. The first-order chi connectivity index (χ1) is 6.46. The van der Waals surface area contributed by atoms with Crippen molar-refractivity contribution in [1.29, 1.82) is 0 Å². The predicted octanol–water partition coefficient (Wildman–Crippen LogP) is 1.62. The van der Waals surface area contributed by atoms with Gasteiger partial charge < -0.3 is 10.6 Å². The Morgan fingerprint density at radius 1 is 1.21 bits per heavy atom. The second-order valence-electron chi connectivity index (χ2n) is 6.09. The minimum Gasteiger partial charge on any atom is -0.315 e. The highest BCUT2D eigenvalue weighted by molar-refractivity contribution is 5.13. The molecule has 2 N–H and O–H groups in total. The molecule has 82 valence electrons. The SMILES string of the molecule is CC1(C)C(CNC2CCNC2)C1(C)C. The molecule has 2 nitrogen and oxygen atoms in total. The van der Waals surface area contributed by atoms with Crippen LogP contribution in [0.3, 0.4) is 0 Å². The maximum atomic E-state index is 3.69.